The number of hydrogen-bond acceptors (Lipinski definition) is 3. The molecule has 3 unspecified atom stereocenters. The van der Waals surface area contributed by atoms with E-state index < -0.39 is 0 Å². The molecule has 3 atom stereocenters. The molecular formula is C13H21NO3. The number of amides is 2. The topological polar surface area (TPSA) is 57.6 Å². The van der Waals surface area contributed by atoms with Crippen LogP contribution in [0.3, 0.4) is 0 Å². The van der Waals surface area contributed by atoms with E-state index in [9.17, 15) is 9.59 Å². The van der Waals surface area contributed by atoms with Gasteiger partial charge in [0.05, 0.1) is 0 Å². The molecule has 1 saturated heterocycles. The minimum absolute atomic E-state index is 0.0279. The lowest BCUT2D eigenvalue weighted by molar-refractivity contribution is -0.153. The maximum absolute atomic E-state index is 12.1. The first-order valence-corrected chi connectivity index (χ1v) is 6.63. The number of carbonyl (C=O) groups excluding carboxylic acids is 2. The molecule has 2 rings (SSSR count). The first-order chi connectivity index (χ1) is 8.17. The summed E-state index contributed by atoms with van der Waals surface area (Å²) in [5, 5.41) is 8.96. The third-order valence-corrected chi connectivity index (χ3v) is 4.22. The molecule has 4 heteroatoms. The molecule has 2 bridgehead atoms. The minimum Gasteiger partial charge on any atom is -0.396 e. The number of piperidine rings is 1. The van der Waals surface area contributed by atoms with Gasteiger partial charge in [-0.2, -0.15) is 0 Å². The summed E-state index contributed by atoms with van der Waals surface area (Å²) < 4.78 is 0. The predicted molar refractivity (Wildman–Crippen MR) is 63.0 cm³/mol. The standard InChI is InChI=1S/C13H21NO3/c1-2-9(5-6-15)8-14-12(16)10-3-4-11(7-10)13(14)17/h9-11,15H,2-8H2,1H3. The number of aliphatic hydroxyl groups is 1. The molecule has 1 heterocycles. The van der Waals surface area contributed by atoms with Gasteiger partial charge in [0, 0.05) is 25.0 Å². The van der Waals surface area contributed by atoms with Gasteiger partial charge in [0.2, 0.25) is 11.8 Å². The van der Waals surface area contributed by atoms with Crippen molar-refractivity contribution in [3.8, 4) is 0 Å². The molecule has 0 aromatic heterocycles. The fraction of sp³-hybridized carbons (Fsp3) is 0.846. The largest absolute Gasteiger partial charge is 0.396 e. The van der Waals surface area contributed by atoms with E-state index in [1.165, 1.54) is 4.90 Å². The number of likely N-dealkylation sites (tertiary alicyclic amines) is 1. The maximum Gasteiger partial charge on any atom is 0.232 e. The number of rotatable bonds is 5. The molecular weight excluding hydrogens is 218 g/mol. The second kappa shape index (κ2) is 5.17. The zero-order chi connectivity index (χ0) is 12.4. The van der Waals surface area contributed by atoms with E-state index in [0.29, 0.717) is 13.0 Å². The maximum atomic E-state index is 12.1. The molecule has 0 spiro atoms. The van der Waals surface area contributed by atoms with Crippen LogP contribution in [-0.2, 0) is 9.59 Å². The highest BCUT2D eigenvalue weighted by molar-refractivity contribution is 6.00. The van der Waals surface area contributed by atoms with Crippen LogP contribution < -0.4 is 0 Å². The summed E-state index contributed by atoms with van der Waals surface area (Å²) in [6.07, 6.45) is 4.09. The van der Waals surface area contributed by atoms with Crippen LogP contribution in [0.15, 0.2) is 0 Å². The Hall–Kier alpha value is -0.900. The normalized spacial score (nSPS) is 29.9. The van der Waals surface area contributed by atoms with E-state index >= 15 is 0 Å². The van der Waals surface area contributed by atoms with Gasteiger partial charge in [0.15, 0.2) is 0 Å². The van der Waals surface area contributed by atoms with Crippen molar-refractivity contribution in [1.29, 1.82) is 0 Å². The quantitative estimate of drug-likeness (QED) is 0.733. The first-order valence-electron chi connectivity index (χ1n) is 6.63. The molecule has 1 aliphatic carbocycles. The molecule has 1 saturated carbocycles. The van der Waals surface area contributed by atoms with Gasteiger partial charge < -0.3 is 5.11 Å². The summed E-state index contributed by atoms with van der Waals surface area (Å²) in [4.78, 5) is 25.7. The SMILES string of the molecule is CCC(CCO)CN1C(=O)C2CCC(C2)C1=O. The molecule has 0 radical (unpaired) electrons. The molecule has 1 aliphatic heterocycles. The summed E-state index contributed by atoms with van der Waals surface area (Å²) in [5.74, 6) is 0.472. The Morgan fingerprint density at radius 2 is 1.88 bits per heavy atom. The Morgan fingerprint density at radius 3 is 2.35 bits per heavy atom. The van der Waals surface area contributed by atoms with Gasteiger partial charge in [-0.25, -0.2) is 0 Å². The minimum atomic E-state index is 0.0279. The smallest absolute Gasteiger partial charge is 0.232 e. The predicted octanol–water partition coefficient (Wildman–Crippen LogP) is 1.18. The molecule has 2 aliphatic rings. The summed E-state index contributed by atoms with van der Waals surface area (Å²) in [6, 6.07) is 0. The van der Waals surface area contributed by atoms with Crippen LogP contribution in [0.5, 0.6) is 0 Å². The van der Waals surface area contributed by atoms with Crippen LogP contribution in [0, 0.1) is 17.8 Å². The van der Waals surface area contributed by atoms with E-state index in [1.54, 1.807) is 0 Å². The Bertz CT molecular complexity index is 294. The van der Waals surface area contributed by atoms with Crippen molar-refractivity contribution in [1.82, 2.24) is 4.90 Å². The van der Waals surface area contributed by atoms with E-state index in [0.717, 1.165) is 25.7 Å². The molecule has 1 N–H and O–H groups in total. The number of imide groups is 1. The second-order valence-electron chi connectivity index (χ2n) is 5.28. The number of carbonyl (C=O) groups is 2. The molecule has 96 valence electrons. The van der Waals surface area contributed by atoms with E-state index in [2.05, 4.69) is 0 Å². The lowest BCUT2D eigenvalue weighted by atomic mass is 9.94. The van der Waals surface area contributed by atoms with Crippen LogP contribution >= 0.6 is 0 Å². The third-order valence-electron chi connectivity index (χ3n) is 4.22. The van der Waals surface area contributed by atoms with Gasteiger partial charge in [0.25, 0.3) is 0 Å². The number of aliphatic hydroxyl groups excluding tert-OH is 1. The van der Waals surface area contributed by atoms with Gasteiger partial charge >= 0.3 is 0 Å². The van der Waals surface area contributed by atoms with Crippen molar-refractivity contribution in [3.05, 3.63) is 0 Å². The van der Waals surface area contributed by atoms with E-state index in [-0.39, 0.29) is 36.2 Å². The summed E-state index contributed by atoms with van der Waals surface area (Å²) in [7, 11) is 0. The fourth-order valence-corrected chi connectivity index (χ4v) is 3.02. The van der Waals surface area contributed by atoms with E-state index in [4.69, 9.17) is 5.11 Å². The third kappa shape index (κ3) is 2.37. The number of fused-ring (bicyclic) bond motifs is 2. The number of hydrogen-bond donors (Lipinski definition) is 1. The average Bonchev–Trinajstić information content (AvgIpc) is 2.78. The van der Waals surface area contributed by atoms with Crippen molar-refractivity contribution in [2.24, 2.45) is 17.8 Å². The molecule has 4 nitrogen and oxygen atoms in total. The summed E-state index contributed by atoms with van der Waals surface area (Å²) >= 11 is 0. The Kier molecular flexibility index (Phi) is 3.82. The lowest BCUT2D eigenvalue weighted by Gasteiger charge is -2.32. The fourth-order valence-electron chi connectivity index (χ4n) is 3.02. The number of nitrogens with zero attached hydrogens (tertiary/aromatic N) is 1. The van der Waals surface area contributed by atoms with Crippen LogP contribution in [0.25, 0.3) is 0 Å². The highest BCUT2D eigenvalue weighted by Crippen LogP contribution is 2.38. The first kappa shape index (κ1) is 12.6. The Balaban J connectivity index is 2.03. The zero-order valence-electron chi connectivity index (χ0n) is 10.4. The average molecular weight is 239 g/mol. The van der Waals surface area contributed by atoms with Gasteiger partial charge in [-0.1, -0.05) is 13.3 Å². The van der Waals surface area contributed by atoms with Crippen LogP contribution in [0.4, 0.5) is 0 Å². The van der Waals surface area contributed by atoms with Gasteiger partial charge in [0.1, 0.15) is 0 Å². The van der Waals surface area contributed by atoms with E-state index in [1.807, 2.05) is 6.92 Å². The highest BCUT2D eigenvalue weighted by Gasteiger charge is 2.45. The van der Waals surface area contributed by atoms with Crippen molar-refractivity contribution < 1.29 is 14.7 Å². The lowest BCUT2D eigenvalue weighted by Crippen LogP contribution is -2.48. The zero-order valence-corrected chi connectivity index (χ0v) is 10.4. The monoisotopic (exact) mass is 239 g/mol. The van der Waals surface area contributed by atoms with Gasteiger partial charge in [-0.3, -0.25) is 14.5 Å². The van der Waals surface area contributed by atoms with Gasteiger partial charge in [-0.05, 0) is 31.6 Å². The molecule has 17 heavy (non-hydrogen) atoms. The second-order valence-corrected chi connectivity index (χ2v) is 5.28. The van der Waals surface area contributed by atoms with Crippen LogP contribution in [0.2, 0.25) is 0 Å². The summed E-state index contributed by atoms with van der Waals surface area (Å²) in [5.41, 5.74) is 0. The molecule has 0 aromatic carbocycles. The molecule has 2 fully saturated rings. The Labute approximate surface area is 102 Å². The summed E-state index contributed by atoms with van der Waals surface area (Å²) in [6.45, 7) is 2.66. The highest BCUT2D eigenvalue weighted by atomic mass is 16.3. The van der Waals surface area contributed by atoms with Crippen molar-refractivity contribution in [2.75, 3.05) is 13.2 Å². The van der Waals surface area contributed by atoms with Crippen LogP contribution in [0.1, 0.15) is 39.0 Å². The molecule has 0 aromatic rings. The van der Waals surface area contributed by atoms with Crippen molar-refractivity contribution in [2.45, 2.75) is 39.0 Å². The molecule has 2 amide bonds. The Morgan fingerprint density at radius 1 is 1.29 bits per heavy atom. The van der Waals surface area contributed by atoms with Gasteiger partial charge in [-0.15, -0.1) is 0 Å². The van der Waals surface area contributed by atoms with Crippen molar-refractivity contribution in [3.63, 3.8) is 0 Å². The van der Waals surface area contributed by atoms with Crippen LogP contribution in [-0.4, -0.2) is 35.0 Å². The van der Waals surface area contributed by atoms with Crippen molar-refractivity contribution >= 4 is 11.8 Å².